The summed E-state index contributed by atoms with van der Waals surface area (Å²) >= 11 is 0. The van der Waals surface area contributed by atoms with Crippen LogP contribution in [0.1, 0.15) is 16.1 Å². The van der Waals surface area contributed by atoms with Crippen LogP contribution in [0, 0.1) is 6.92 Å². The fourth-order valence-electron chi connectivity index (χ4n) is 2.35. The van der Waals surface area contributed by atoms with Crippen LogP contribution in [0.4, 0.5) is 0 Å². The van der Waals surface area contributed by atoms with Gasteiger partial charge in [0, 0.05) is 6.07 Å². The molecule has 0 atom stereocenters. The van der Waals surface area contributed by atoms with Crippen LogP contribution >= 0.6 is 0 Å². The molecule has 10 nitrogen and oxygen atoms in total. The maximum absolute atomic E-state index is 12.6. The number of aromatic nitrogens is 2. The Bertz CT molecular complexity index is 1280. The Morgan fingerprint density at radius 1 is 1.00 bits per heavy atom. The van der Waals surface area contributed by atoms with Crippen LogP contribution in [-0.4, -0.2) is 37.1 Å². The molecular formula is C17H15N3O7S2. The van der Waals surface area contributed by atoms with Crippen molar-refractivity contribution < 1.29 is 30.4 Å². The second-order valence-corrected chi connectivity index (χ2v) is 8.93. The maximum Gasteiger partial charge on any atom is 0.340 e. The average Bonchev–Trinajstić information content (AvgIpc) is 3.05. The van der Waals surface area contributed by atoms with Gasteiger partial charge in [0.15, 0.2) is 5.69 Å². The highest BCUT2D eigenvalue weighted by Gasteiger charge is 2.23. The molecule has 0 aliphatic rings. The standard InChI is InChI=1S/C17H15N3O7S2/c1-11-2-6-14(7-3-11)29(25,26)27-16-10-15(17(18)21)19-20(16)12-4-8-13(9-5-12)28(22,23)24/h2-10H,1H3,(H2,18,21)(H,22,23,24). The Hall–Kier alpha value is -3.22. The van der Waals surface area contributed by atoms with Gasteiger partial charge in [0.25, 0.3) is 16.0 Å². The largest absolute Gasteiger partial charge is 0.364 e. The minimum absolute atomic E-state index is 0.113. The quantitative estimate of drug-likeness (QED) is 0.431. The van der Waals surface area contributed by atoms with E-state index in [2.05, 4.69) is 5.10 Å². The molecule has 0 radical (unpaired) electrons. The van der Waals surface area contributed by atoms with E-state index in [1.54, 1.807) is 19.1 Å². The summed E-state index contributed by atoms with van der Waals surface area (Å²) in [6, 6.07) is 11.6. The zero-order valence-corrected chi connectivity index (χ0v) is 16.5. The van der Waals surface area contributed by atoms with Gasteiger partial charge >= 0.3 is 10.1 Å². The van der Waals surface area contributed by atoms with Crippen molar-refractivity contribution in [2.24, 2.45) is 5.73 Å². The number of nitrogens with zero attached hydrogens (tertiary/aromatic N) is 2. The van der Waals surface area contributed by atoms with Gasteiger partial charge in [-0.05, 0) is 43.3 Å². The molecule has 3 aromatic rings. The summed E-state index contributed by atoms with van der Waals surface area (Å²) in [5.74, 6) is -1.25. The lowest BCUT2D eigenvalue weighted by molar-refractivity contribution is 0.0995. The van der Waals surface area contributed by atoms with Gasteiger partial charge in [-0.2, -0.15) is 26.6 Å². The average molecular weight is 437 g/mol. The van der Waals surface area contributed by atoms with Crippen molar-refractivity contribution in [1.29, 1.82) is 0 Å². The molecule has 0 spiro atoms. The van der Waals surface area contributed by atoms with Crippen LogP contribution in [0.2, 0.25) is 0 Å². The molecule has 0 aliphatic heterocycles. The summed E-state index contributed by atoms with van der Waals surface area (Å²) in [7, 11) is -8.67. The van der Waals surface area contributed by atoms with Gasteiger partial charge in [-0.25, -0.2) is 0 Å². The number of hydrogen-bond acceptors (Lipinski definition) is 7. The van der Waals surface area contributed by atoms with E-state index in [0.29, 0.717) is 0 Å². The second-order valence-electron chi connectivity index (χ2n) is 5.96. The van der Waals surface area contributed by atoms with Crippen LogP contribution in [0.5, 0.6) is 5.88 Å². The molecule has 0 saturated carbocycles. The Morgan fingerprint density at radius 3 is 2.07 bits per heavy atom. The number of carbonyl (C=O) groups is 1. The van der Waals surface area contributed by atoms with Gasteiger partial charge in [0.2, 0.25) is 5.88 Å². The van der Waals surface area contributed by atoms with Crippen molar-refractivity contribution in [3.05, 3.63) is 65.9 Å². The summed E-state index contributed by atoms with van der Waals surface area (Å²) in [4.78, 5) is 11.0. The molecule has 0 fully saturated rings. The molecule has 0 bridgehead atoms. The molecule has 1 heterocycles. The number of carbonyl (C=O) groups excluding carboxylic acids is 1. The van der Waals surface area contributed by atoms with Crippen molar-refractivity contribution in [2.75, 3.05) is 0 Å². The zero-order valence-electron chi connectivity index (χ0n) is 14.9. The molecule has 152 valence electrons. The van der Waals surface area contributed by atoms with Gasteiger partial charge < -0.3 is 9.92 Å². The lowest BCUT2D eigenvalue weighted by Crippen LogP contribution is -2.13. The number of nitrogens with two attached hydrogens (primary N) is 1. The number of amides is 1. The number of aryl methyl sites for hydroxylation is 1. The van der Waals surface area contributed by atoms with Gasteiger partial charge in [-0.15, -0.1) is 0 Å². The second kappa shape index (κ2) is 7.31. The third-order valence-electron chi connectivity index (χ3n) is 3.81. The van der Waals surface area contributed by atoms with Gasteiger partial charge in [0.1, 0.15) is 4.90 Å². The fraction of sp³-hybridized carbons (Fsp3) is 0.0588. The van der Waals surface area contributed by atoms with Crippen molar-refractivity contribution >= 4 is 26.1 Å². The molecule has 2 aromatic carbocycles. The first kappa shape index (κ1) is 20.5. The van der Waals surface area contributed by atoms with E-state index in [0.717, 1.165) is 28.4 Å². The van der Waals surface area contributed by atoms with E-state index in [1.165, 1.54) is 24.3 Å². The molecule has 0 saturated heterocycles. The van der Waals surface area contributed by atoms with E-state index < -0.39 is 26.1 Å². The van der Waals surface area contributed by atoms with Crippen LogP contribution in [-0.2, 0) is 20.2 Å². The minimum Gasteiger partial charge on any atom is -0.364 e. The molecule has 0 aliphatic carbocycles. The highest BCUT2D eigenvalue weighted by molar-refractivity contribution is 7.87. The van der Waals surface area contributed by atoms with Gasteiger partial charge in [-0.3, -0.25) is 9.35 Å². The van der Waals surface area contributed by atoms with Gasteiger partial charge in [0.05, 0.1) is 10.6 Å². The summed E-state index contributed by atoms with van der Waals surface area (Å²) in [6.45, 7) is 1.79. The van der Waals surface area contributed by atoms with E-state index in [9.17, 15) is 21.6 Å². The lowest BCUT2D eigenvalue weighted by atomic mass is 10.2. The van der Waals surface area contributed by atoms with Crippen molar-refractivity contribution in [3.63, 3.8) is 0 Å². The molecular weight excluding hydrogens is 422 g/mol. The van der Waals surface area contributed by atoms with Crippen molar-refractivity contribution in [3.8, 4) is 11.6 Å². The SMILES string of the molecule is Cc1ccc(S(=O)(=O)Oc2cc(C(N)=O)nn2-c2ccc(S(=O)(=O)O)cc2)cc1. The fourth-order valence-corrected chi connectivity index (χ4v) is 3.74. The summed E-state index contributed by atoms with van der Waals surface area (Å²) in [5.41, 5.74) is 5.97. The van der Waals surface area contributed by atoms with Crippen LogP contribution in [0.15, 0.2) is 64.4 Å². The number of rotatable bonds is 6. The third kappa shape index (κ3) is 4.45. The van der Waals surface area contributed by atoms with Gasteiger partial charge in [-0.1, -0.05) is 17.7 Å². The Labute approximate surface area is 166 Å². The highest BCUT2D eigenvalue weighted by Crippen LogP contribution is 2.24. The number of hydrogen-bond donors (Lipinski definition) is 2. The van der Waals surface area contributed by atoms with Crippen LogP contribution in [0.3, 0.4) is 0 Å². The molecule has 29 heavy (non-hydrogen) atoms. The van der Waals surface area contributed by atoms with Crippen LogP contribution in [0.25, 0.3) is 5.69 Å². The normalized spacial score (nSPS) is 11.9. The Kier molecular flexibility index (Phi) is 5.17. The molecule has 3 N–H and O–H groups in total. The smallest absolute Gasteiger partial charge is 0.340 e. The molecule has 1 amide bonds. The Balaban J connectivity index is 2.05. The minimum atomic E-state index is -4.42. The summed E-state index contributed by atoms with van der Waals surface area (Å²) < 4.78 is 62.7. The maximum atomic E-state index is 12.6. The number of primary amides is 1. The highest BCUT2D eigenvalue weighted by atomic mass is 32.2. The van der Waals surface area contributed by atoms with E-state index in [1.807, 2.05) is 0 Å². The third-order valence-corrected chi connectivity index (χ3v) is 5.92. The first-order valence-corrected chi connectivity index (χ1v) is 10.8. The predicted molar refractivity (Wildman–Crippen MR) is 101 cm³/mol. The Morgan fingerprint density at radius 2 is 1.55 bits per heavy atom. The molecule has 1 aromatic heterocycles. The number of benzene rings is 2. The molecule has 0 unspecified atom stereocenters. The monoisotopic (exact) mass is 437 g/mol. The topological polar surface area (TPSA) is 159 Å². The van der Waals surface area contributed by atoms with Crippen LogP contribution < -0.4 is 9.92 Å². The van der Waals surface area contributed by atoms with E-state index in [4.69, 9.17) is 14.5 Å². The first-order valence-electron chi connectivity index (χ1n) is 7.96. The summed E-state index contributed by atoms with van der Waals surface area (Å²) in [5, 5.41) is 3.90. The van der Waals surface area contributed by atoms with Crippen molar-refractivity contribution in [1.82, 2.24) is 9.78 Å². The summed E-state index contributed by atoms with van der Waals surface area (Å²) in [6.07, 6.45) is 0. The van der Waals surface area contributed by atoms with E-state index >= 15 is 0 Å². The molecule has 3 rings (SSSR count). The van der Waals surface area contributed by atoms with Crippen molar-refractivity contribution in [2.45, 2.75) is 16.7 Å². The predicted octanol–water partition coefficient (Wildman–Crippen LogP) is 1.29. The van der Waals surface area contributed by atoms with E-state index in [-0.39, 0.29) is 27.1 Å². The lowest BCUT2D eigenvalue weighted by Gasteiger charge is -2.10. The first-order chi connectivity index (χ1) is 13.5. The molecule has 12 heteroatoms. The zero-order chi connectivity index (χ0) is 21.4.